The van der Waals surface area contributed by atoms with Crippen LogP contribution in [-0.2, 0) is 6.42 Å². The number of non-ortho nitro benzene ring substituents is 2. The van der Waals surface area contributed by atoms with Crippen molar-refractivity contribution in [1.82, 2.24) is 14.9 Å². The van der Waals surface area contributed by atoms with Gasteiger partial charge in [0.25, 0.3) is 17.3 Å². The molecule has 3 aromatic rings. The molecule has 2 heterocycles. The Morgan fingerprint density at radius 3 is 2.22 bits per heavy atom. The zero-order valence-corrected chi connectivity index (χ0v) is 21.1. The van der Waals surface area contributed by atoms with E-state index in [1.807, 2.05) is 38.1 Å². The Labute approximate surface area is 218 Å². The quantitative estimate of drug-likeness (QED) is 0.339. The molecule has 37 heavy (non-hydrogen) atoms. The van der Waals surface area contributed by atoms with Gasteiger partial charge in [0.05, 0.1) is 21.5 Å². The maximum absolute atomic E-state index is 13.2. The average Bonchev–Trinajstić information content (AvgIpc) is 3.12. The first-order valence-corrected chi connectivity index (χ1v) is 12.1. The van der Waals surface area contributed by atoms with Crippen LogP contribution in [0.5, 0.6) is 0 Å². The van der Waals surface area contributed by atoms with E-state index in [9.17, 15) is 25.0 Å². The van der Waals surface area contributed by atoms with Gasteiger partial charge in [-0.1, -0.05) is 23.7 Å². The SMILES string of the molecule is Cc1nc(C)c(Cc2ccc(Cl)cc2)c(N2CCCN(C(=O)c3cc([N+](=O)[O-])cc([N+](=O)[O-])c3)CC2)n1. The van der Waals surface area contributed by atoms with E-state index in [1.165, 1.54) is 0 Å². The standard InChI is InChI=1S/C25H25ClN6O5/c1-16-23(12-18-4-6-20(26)7-5-18)24(28-17(2)27-16)29-8-3-9-30(11-10-29)25(33)19-13-21(31(34)35)15-22(14-19)32(36)37/h4-7,13-15H,3,8-12H2,1-2H3. The lowest BCUT2D eigenvalue weighted by Gasteiger charge is -2.26. The number of nitro groups is 2. The monoisotopic (exact) mass is 524 g/mol. The smallest absolute Gasteiger partial charge is 0.277 e. The molecule has 0 aliphatic carbocycles. The van der Waals surface area contributed by atoms with Crippen molar-refractivity contribution in [3.63, 3.8) is 0 Å². The Morgan fingerprint density at radius 1 is 0.946 bits per heavy atom. The molecule has 12 heteroatoms. The minimum absolute atomic E-state index is 0.0773. The lowest BCUT2D eigenvalue weighted by molar-refractivity contribution is -0.394. The van der Waals surface area contributed by atoms with Crippen LogP contribution >= 0.6 is 11.6 Å². The fraction of sp³-hybridized carbons (Fsp3) is 0.320. The molecule has 0 N–H and O–H groups in total. The van der Waals surface area contributed by atoms with E-state index in [-0.39, 0.29) is 5.56 Å². The summed E-state index contributed by atoms with van der Waals surface area (Å²) in [6.45, 7) is 5.64. The molecule has 2 aromatic carbocycles. The van der Waals surface area contributed by atoms with Crippen LogP contribution in [0.2, 0.25) is 5.02 Å². The average molecular weight is 525 g/mol. The molecule has 0 spiro atoms. The Morgan fingerprint density at radius 2 is 1.59 bits per heavy atom. The first-order chi connectivity index (χ1) is 17.6. The molecule has 1 saturated heterocycles. The van der Waals surface area contributed by atoms with Gasteiger partial charge in [0.2, 0.25) is 0 Å². The van der Waals surface area contributed by atoms with Crippen LogP contribution in [0.1, 0.15) is 39.4 Å². The third kappa shape index (κ3) is 6.00. The first kappa shape index (κ1) is 26.0. The molecule has 4 rings (SSSR count). The number of hydrogen-bond donors (Lipinski definition) is 0. The third-order valence-corrected chi connectivity index (χ3v) is 6.50. The van der Waals surface area contributed by atoms with Gasteiger partial charge in [-0.15, -0.1) is 0 Å². The molecule has 0 unspecified atom stereocenters. The highest BCUT2D eigenvalue weighted by molar-refractivity contribution is 6.30. The number of amides is 1. The van der Waals surface area contributed by atoms with E-state index >= 15 is 0 Å². The summed E-state index contributed by atoms with van der Waals surface area (Å²) in [5, 5.41) is 23.2. The van der Waals surface area contributed by atoms with Crippen molar-refractivity contribution in [3.05, 3.63) is 95.9 Å². The normalized spacial score (nSPS) is 13.8. The number of aryl methyl sites for hydroxylation is 2. The van der Waals surface area contributed by atoms with Crippen LogP contribution < -0.4 is 4.90 Å². The van der Waals surface area contributed by atoms with Crippen molar-refractivity contribution in [2.24, 2.45) is 0 Å². The topological polar surface area (TPSA) is 136 Å². The number of carbonyl (C=O) groups excluding carboxylic acids is 1. The van der Waals surface area contributed by atoms with Gasteiger partial charge in [0, 0.05) is 61.0 Å². The van der Waals surface area contributed by atoms with Crippen molar-refractivity contribution in [2.45, 2.75) is 26.7 Å². The molecule has 0 atom stereocenters. The van der Waals surface area contributed by atoms with Crippen molar-refractivity contribution in [2.75, 3.05) is 31.1 Å². The second kappa shape index (κ2) is 10.9. The number of hydrogen-bond acceptors (Lipinski definition) is 8. The van der Waals surface area contributed by atoms with Crippen LogP contribution in [-0.4, -0.2) is 56.8 Å². The number of nitro benzene ring substituents is 2. The second-order valence-corrected chi connectivity index (χ2v) is 9.28. The number of aromatic nitrogens is 2. The van der Waals surface area contributed by atoms with Crippen molar-refractivity contribution < 1.29 is 14.6 Å². The largest absolute Gasteiger partial charge is 0.354 e. The highest BCUT2D eigenvalue weighted by Crippen LogP contribution is 2.27. The molecule has 1 amide bonds. The fourth-order valence-corrected chi connectivity index (χ4v) is 4.56. The molecule has 1 aromatic heterocycles. The Balaban J connectivity index is 1.58. The maximum Gasteiger partial charge on any atom is 0.277 e. The predicted octanol–water partition coefficient (Wildman–Crippen LogP) is 4.51. The second-order valence-electron chi connectivity index (χ2n) is 8.85. The van der Waals surface area contributed by atoms with Crippen LogP contribution in [0.4, 0.5) is 17.2 Å². The third-order valence-electron chi connectivity index (χ3n) is 6.25. The van der Waals surface area contributed by atoms with Crippen molar-refractivity contribution >= 4 is 34.7 Å². The van der Waals surface area contributed by atoms with Gasteiger partial charge in [-0.25, -0.2) is 9.97 Å². The van der Waals surface area contributed by atoms with Gasteiger partial charge < -0.3 is 9.80 Å². The van der Waals surface area contributed by atoms with E-state index in [0.717, 1.165) is 40.8 Å². The molecule has 0 saturated carbocycles. The maximum atomic E-state index is 13.2. The molecule has 1 fully saturated rings. The van der Waals surface area contributed by atoms with E-state index in [2.05, 4.69) is 9.88 Å². The van der Waals surface area contributed by atoms with Crippen LogP contribution in [0, 0.1) is 34.1 Å². The summed E-state index contributed by atoms with van der Waals surface area (Å²) in [6.07, 6.45) is 1.25. The van der Waals surface area contributed by atoms with Crippen molar-refractivity contribution in [1.29, 1.82) is 0 Å². The fourth-order valence-electron chi connectivity index (χ4n) is 4.44. The minimum atomic E-state index is -0.740. The lowest BCUT2D eigenvalue weighted by atomic mass is 10.0. The van der Waals surface area contributed by atoms with Gasteiger partial charge in [-0.2, -0.15) is 0 Å². The minimum Gasteiger partial charge on any atom is -0.354 e. The summed E-state index contributed by atoms with van der Waals surface area (Å²) in [4.78, 5) is 47.2. The van der Waals surface area contributed by atoms with Crippen molar-refractivity contribution in [3.8, 4) is 0 Å². The highest BCUT2D eigenvalue weighted by atomic mass is 35.5. The Kier molecular flexibility index (Phi) is 7.63. The van der Waals surface area contributed by atoms with Crippen LogP contribution in [0.25, 0.3) is 0 Å². The van der Waals surface area contributed by atoms with Gasteiger partial charge in [-0.05, 0) is 38.0 Å². The number of anilines is 1. The summed E-state index contributed by atoms with van der Waals surface area (Å²) in [5.74, 6) is 0.971. The van der Waals surface area contributed by atoms with Gasteiger partial charge in [0.15, 0.2) is 0 Å². The number of carbonyl (C=O) groups is 1. The van der Waals surface area contributed by atoms with Gasteiger partial charge in [-0.3, -0.25) is 25.0 Å². The summed E-state index contributed by atoms with van der Waals surface area (Å²) in [5.41, 5.74) is 1.87. The number of halogens is 1. The molecule has 11 nitrogen and oxygen atoms in total. The van der Waals surface area contributed by atoms with Crippen LogP contribution in [0.15, 0.2) is 42.5 Å². The van der Waals surface area contributed by atoms with E-state index in [1.54, 1.807) is 4.90 Å². The molecule has 1 aliphatic heterocycles. The molecule has 0 radical (unpaired) electrons. The Bertz CT molecular complexity index is 1330. The predicted molar refractivity (Wildman–Crippen MR) is 138 cm³/mol. The van der Waals surface area contributed by atoms with Crippen LogP contribution in [0.3, 0.4) is 0 Å². The zero-order chi connectivity index (χ0) is 26.7. The van der Waals surface area contributed by atoms with Gasteiger partial charge >= 0.3 is 0 Å². The number of nitrogens with zero attached hydrogens (tertiary/aromatic N) is 6. The highest BCUT2D eigenvalue weighted by Gasteiger charge is 2.26. The lowest BCUT2D eigenvalue weighted by Crippen LogP contribution is -2.36. The molecular formula is C25H25ClN6O5. The molecule has 192 valence electrons. The summed E-state index contributed by atoms with van der Waals surface area (Å²) >= 11 is 6.04. The summed E-state index contributed by atoms with van der Waals surface area (Å²) in [6, 6.07) is 10.6. The van der Waals surface area contributed by atoms with E-state index in [4.69, 9.17) is 16.6 Å². The van der Waals surface area contributed by atoms with Gasteiger partial charge in [0.1, 0.15) is 11.6 Å². The van der Waals surface area contributed by atoms with E-state index in [0.29, 0.717) is 49.9 Å². The molecule has 1 aliphatic rings. The number of rotatable bonds is 6. The molecule has 0 bridgehead atoms. The summed E-state index contributed by atoms with van der Waals surface area (Å²) in [7, 11) is 0. The number of benzene rings is 2. The zero-order valence-electron chi connectivity index (χ0n) is 20.4. The first-order valence-electron chi connectivity index (χ1n) is 11.7. The van der Waals surface area contributed by atoms with E-state index < -0.39 is 27.1 Å². The summed E-state index contributed by atoms with van der Waals surface area (Å²) < 4.78 is 0. The molecular weight excluding hydrogens is 500 g/mol. The Hall–Kier alpha value is -4.12.